The lowest BCUT2D eigenvalue weighted by atomic mass is 9.99. The van der Waals surface area contributed by atoms with Crippen molar-refractivity contribution in [2.75, 3.05) is 5.32 Å². The Morgan fingerprint density at radius 3 is 2.40 bits per heavy atom. The Morgan fingerprint density at radius 1 is 0.886 bits per heavy atom. The number of hydrogen-bond acceptors (Lipinski definition) is 4. The molecule has 0 spiro atoms. The zero-order valence-corrected chi connectivity index (χ0v) is 19.6. The fourth-order valence-corrected chi connectivity index (χ4v) is 5.27. The minimum atomic E-state index is -0.407. The summed E-state index contributed by atoms with van der Waals surface area (Å²) in [4.78, 5) is 26.8. The average Bonchev–Trinajstić information content (AvgIpc) is 3.22. The zero-order valence-electron chi connectivity index (χ0n) is 19.6. The first-order valence-corrected chi connectivity index (χ1v) is 11.4. The number of benzene rings is 3. The Labute approximate surface area is 201 Å². The molecule has 0 unspecified atom stereocenters. The van der Waals surface area contributed by atoms with Gasteiger partial charge in [-0.25, -0.2) is 4.79 Å². The van der Waals surface area contributed by atoms with Gasteiger partial charge in [0.2, 0.25) is 0 Å². The number of nitrogens with one attached hydrogen (secondary N) is 1. The van der Waals surface area contributed by atoms with Crippen molar-refractivity contribution in [3.8, 4) is 22.7 Å². The van der Waals surface area contributed by atoms with Gasteiger partial charge in [-0.2, -0.15) is 0 Å². The number of aromatic hydroxyl groups is 1. The van der Waals surface area contributed by atoms with Crippen LogP contribution in [0, 0.1) is 6.92 Å². The number of aromatic nitrogens is 3. The molecule has 1 aliphatic heterocycles. The maximum atomic E-state index is 13.7. The number of hydrogen-bond donors (Lipinski definition) is 2. The Kier molecular flexibility index (Phi) is 4.51. The fourth-order valence-electron chi connectivity index (χ4n) is 5.27. The van der Waals surface area contributed by atoms with Gasteiger partial charge in [0.15, 0.2) is 0 Å². The molecular formula is C28H24N4O3. The lowest BCUT2D eigenvalue weighted by Crippen LogP contribution is -2.37. The molecule has 0 aliphatic carbocycles. The Bertz CT molecular complexity index is 1770. The van der Waals surface area contributed by atoms with Gasteiger partial charge in [0.05, 0.1) is 39.7 Å². The molecule has 0 saturated carbocycles. The minimum Gasteiger partial charge on any atom is -0.508 e. The molecule has 3 aromatic carbocycles. The average molecular weight is 465 g/mol. The van der Waals surface area contributed by atoms with Gasteiger partial charge < -0.3 is 15.0 Å². The minimum absolute atomic E-state index is 0.148. The third-order valence-electron chi connectivity index (χ3n) is 6.93. The van der Waals surface area contributed by atoms with E-state index in [0.717, 1.165) is 39.5 Å². The molecule has 0 bridgehead atoms. The largest absolute Gasteiger partial charge is 0.508 e. The van der Waals surface area contributed by atoms with E-state index in [2.05, 4.69) is 9.88 Å². The van der Waals surface area contributed by atoms with E-state index in [1.807, 2.05) is 61.5 Å². The molecule has 1 atom stereocenters. The highest BCUT2D eigenvalue weighted by atomic mass is 16.3. The first kappa shape index (κ1) is 21.0. The molecule has 7 nitrogen and oxygen atoms in total. The van der Waals surface area contributed by atoms with Crippen molar-refractivity contribution in [1.82, 2.24) is 13.7 Å². The van der Waals surface area contributed by atoms with Crippen molar-refractivity contribution in [2.45, 2.75) is 13.0 Å². The quantitative estimate of drug-likeness (QED) is 0.410. The van der Waals surface area contributed by atoms with Crippen molar-refractivity contribution in [3.05, 3.63) is 110 Å². The summed E-state index contributed by atoms with van der Waals surface area (Å²) in [6.07, 6.45) is 0. The normalized spacial score (nSPS) is 14.4. The van der Waals surface area contributed by atoms with Crippen molar-refractivity contribution in [3.63, 3.8) is 0 Å². The molecule has 35 heavy (non-hydrogen) atoms. The van der Waals surface area contributed by atoms with Crippen LogP contribution in [0.4, 0.5) is 5.69 Å². The Balaban J connectivity index is 1.89. The number of aryl methyl sites for hydroxylation is 2. The predicted octanol–water partition coefficient (Wildman–Crippen LogP) is 4.22. The number of para-hydroxylation sites is 2. The smallest absolute Gasteiger partial charge is 0.331 e. The highest BCUT2D eigenvalue weighted by molar-refractivity contribution is 5.99. The van der Waals surface area contributed by atoms with Crippen molar-refractivity contribution in [1.29, 1.82) is 0 Å². The van der Waals surface area contributed by atoms with Crippen LogP contribution < -0.4 is 16.6 Å². The van der Waals surface area contributed by atoms with E-state index in [9.17, 15) is 14.7 Å². The first-order valence-electron chi connectivity index (χ1n) is 11.4. The van der Waals surface area contributed by atoms with Gasteiger partial charge in [-0.05, 0) is 42.3 Å². The summed E-state index contributed by atoms with van der Waals surface area (Å²) in [5.41, 5.74) is 5.94. The third kappa shape index (κ3) is 2.91. The van der Waals surface area contributed by atoms with E-state index in [4.69, 9.17) is 0 Å². The summed E-state index contributed by atoms with van der Waals surface area (Å²) < 4.78 is 4.82. The summed E-state index contributed by atoms with van der Waals surface area (Å²) >= 11 is 0. The maximum absolute atomic E-state index is 13.7. The van der Waals surface area contributed by atoms with E-state index >= 15 is 0 Å². The summed E-state index contributed by atoms with van der Waals surface area (Å²) in [6.45, 7) is 2.02. The Hall–Kier alpha value is -4.52. The number of fused-ring (bicyclic) bond motifs is 5. The van der Waals surface area contributed by atoms with Crippen LogP contribution in [-0.4, -0.2) is 18.8 Å². The second-order valence-electron chi connectivity index (χ2n) is 9.00. The number of rotatable bonds is 2. The summed E-state index contributed by atoms with van der Waals surface area (Å²) in [5.74, 6) is 0.148. The standard InChI is InChI=1S/C28H24N4O3/c1-16-9-4-5-12-19(16)24-22-25(30(2)28(35)31(3)27(22)34)26-23(17-10-8-11-18(33)15-17)29-20-13-6-7-14-21(20)32(24)26/h4-15,23,29,33H,1-3H3/t23-/m1/s1. The van der Waals surface area contributed by atoms with Crippen LogP contribution in [0.25, 0.3) is 27.8 Å². The maximum Gasteiger partial charge on any atom is 0.331 e. The molecule has 0 saturated heterocycles. The van der Waals surface area contributed by atoms with Gasteiger partial charge in [0, 0.05) is 19.7 Å². The van der Waals surface area contributed by atoms with E-state index in [-0.39, 0.29) is 17.0 Å². The molecule has 7 heteroatoms. The van der Waals surface area contributed by atoms with Crippen LogP contribution in [0.1, 0.15) is 22.9 Å². The van der Waals surface area contributed by atoms with Crippen molar-refractivity contribution in [2.24, 2.45) is 14.1 Å². The molecule has 2 aromatic heterocycles. The number of phenols is 1. The van der Waals surface area contributed by atoms with Gasteiger partial charge in [-0.3, -0.25) is 13.9 Å². The topological polar surface area (TPSA) is 81.2 Å². The summed E-state index contributed by atoms with van der Waals surface area (Å²) in [6, 6.07) is 22.5. The number of anilines is 1. The van der Waals surface area contributed by atoms with Gasteiger partial charge >= 0.3 is 5.69 Å². The molecule has 0 fully saturated rings. The number of nitrogens with zero attached hydrogens (tertiary/aromatic N) is 3. The highest BCUT2D eigenvalue weighted by Gasteiger charge is 2.35. The van der Waals surface area contributed by atoms with E-state index < -0.39 is 6.04 Å². The summed E-state index contributed by atoms with van der Waals surface area (Å²) in [5, 5.41) is 14.3. The van der Waals surface area contributed by atoms with Crippen LogP contribution in [0.15, 0.2) is 82.4 Å². The van der Waals surface area contributed by atoms with E-state index in [1.54, 1.807) is 29.8 Å². The van der Waals surface area contributed by atoms with Crippen LogP contribution >= 0.6 is 0 Å². The molecule has 5 aromatic rings. The molecule has 6 rings (SSSR count). The molecule has 0 amide bonds. The molecule has 1 aliphatic rings. The second-order valence-corrected chi connectivity index (χ2v) is 9.00. The SMILES string of the molecule is Cc1ccccc1-c1c2c(=O)n(C)c(=O)n(C)c2c2n1-c1ccccc1N[C@@H]2c1cccc(O)c1. The molecule has 174 valence electrons. The first-order chi connectivity index (χ1) is 16.9. The van der Waals surface area contributed by atoms with Crippen LogP contribution in [0.3, 0.4) is 0 Å². The monoisotopic (exact) mass is 464 g/mol. The fraction of sp³-hybridized carbons (Fsp3) is 0.143. The van der Waals surface area contributed by atoms with Gasteiger partial charge in [0.25, 0.3) is 5.56 Å². The highest BCUT2D eigenvalue weighted by Crippen LogP contribution is 2.46. The predicted molar refractivity (Wildman–Crippen MR) is 138 cm³/mol. The van der Waals surface area contributed by atoms with Crippen LogP contribution in [-0.2, 0) is 14.1 Å². The van der Waals surface area contributed by atoms with Gasteiger partial charge in [-0.1, -0.05) is 48.5 Å². The van der Waals surface area contributed by atoms with E-state index in [0.29, 0.717) is 10.9 Å². The third-order valence-corrected chi connectivity index (χ3v) is 6.93. The zero-order chi connectivity index (χ0) is 24.4. The summed E-state index contributed by atoms with van der Waals surface area (Å²) in [7, 11) is 3.22. The van der Waals surface area contributed by atoms with Crippen LogP contribution in [0.5, 0.6) is 5.75 Å². The van der Waals surface area contributed by atoms with Crippen LogP contribution in [0.2, 0.25) is 0 Å². The van der Waals surface area contributed by atoms with Gasteiger partial charge in [0.1, 0.15) is 5.75 Å². The van der Waals surface area contributed by atoms with E-state index in [1.165, 1.54) is 11.6 Å². The number of phenolic OH excluding ortho intramolecular Hbond substituents is 1. The molecule has 2 N–H and O–H groups in total. The van der Waals surface area contributed by atoms with Crippen molar-refractivity contribution < 1.29 is 5.11 Å². The lowest BCUT2D eigenvalue weighted by molar-refractivity contribution is 0.474. The van der Waals surface area contributed by atoms with Crippen molar-refractivity contribution >= 4 is 16.6 Å². The molecule has 0 radical (unpaired) electrons. The molecular weight excluding hydrogens is 440 g/mol. The molecule has 3 heterocycles. The lowest BCUT2D eigenvalue weighted by Gasteiger charge is -2.31. The Morgan fingerprint density at radius 2 is 1.63 bits per heavy atom. The second kappa shape index (κ2) is 7.50. The van der Waals surface area contributed by atoms with Gasteiger partial charge in [-0.15, -0.1) is 0 Å².